The minimum atomic E-state index is 0.301. The first-order valence-electron chi connectivity index (χ1n) is 6.32. The first-order chi connectivity index (χ1) is 9.81. The highest BCUT2D eigenvalue weighted by Crippen LogP contribution is 2.25. The third kappa shape index (κ3) is 3.03. The maximum absolute atomic E-state index is 9.43. The number of aromatic hydroxyl groups is 1. The molecule has 100 valence electrons. The minimum Gasteiger partial charge on any atom is -0.508 e. The molecule has 0 bridgehead atoms. The van der Waals surface area contributed by atoms with Gasteiger partial charge in [-0.15, -0.1) is 11.8 Å². The average Bonchev–Trinajstić information content (AvgIpc) is 2.95. The standard InChI is InChI=1S/C16H14N2OS/c19-15-7-4-8-16(9-15)20-12-13-10-17-18(11-13)14-5-2-1-3-6-14/h1-11,19H,12H2. The highest BCUT2D eigenvalue weighted by atomic mass is 32.2. The fourth-order valence-corrected chi connectivity index (χ4v) is 2.76. The predicted molar refractivity (Wildman–Crippen MR) is 81.2 cm³/mol. The lowest BCUT2D eigenvalue weighted by atomic mass is 10.3. The van der Waals surface area contributed by atoms with Gasteiger partial charge >= 0.3 is 0 Å². The van der Waals surface area contributed by atoms with E-state index < -0.39 is 0 Å². The second-order valence-corrected chi connectivity index (χ2v) is 5.46. The number of para-hydroxylation sites is 1. The number of nitrogens with zero attached hydrogens (tertiary/aromatic N) is 2. The van der Waals surface area contributed by atoms with Crippen molar-refractivity contribution in [2.75, 3.05) is 0 Å². The zero-order chi connectivity index (χ0) is 13.8. The summed E-state index contributed by atoms with van der Waals surface area (Å²) >= 11 is 1.68. The zero-order valence-electron chi connectivity index (χ0n) is 10.8. The largest absolute Gasteiger partial charge is 0.508 e. The summed E-state index contributed by atoms with van der Waals surface area (Å²) in [6, 6.07) is 17.3. The van der Waals surface area contributed by atoms with Gasteiger partial charge < -0.3 is 5.11 Å². The Kier molecular flexibility index (Phi) is 3.74. The van der Waals surface area contributed by atoms with Crippen molar-refractivity contribution in [1.29, 1.82) is 0 Å². The molecule has 0 radical (unpaired) electrons. The van der Waals surface area contributed by atoms with Crippen LogP contribution < -0.4 is 0 Å². The molecule has 3 nitrogen and oxygen atoms in total. The maximum atomic E-state index is 9.43. The molecule has 1 N–H and O–H groups in total. The lowest BCUT2D eigenvalue weighted by Crippen LogP contribution is -1.92. The number of phenolic OH excluding ortho intramolecular Hbond substituents is 1. The molecule has 0 unspecified atom stereocenters. The molecule has 1 aromatic heterocycles. The van der Waals surface area contributed by atoms with Gasteiger partial charge in [-0.05, 0) is 30.3 Å². The van der Waals surface area contributed by atoms with Crippen LogP contribution in [0.4, 0.5) is 0 Å². The Bertz CT molecular complexity index is 694. The van der Waals surface area contributed by atoms with E-state index in [1.807, 2.05) is 59.5 Å². The molecule has 20 heavy (non-hydrogen) atoms. The topological polar surface area (TPSA) is 38.1 Å². The van der Waals surface area contributed by atoms with Crippen LogP contribution in [-0.4, -0.2) is 14.9 Å². The van der Waals surface area contributed by atoms with E-state index >= 15 is 0 Å². The van der Waals surface area contributed by atoms with Gasteiger partial charge in [0.25, 0.3) is 0 Å². The molecule has 0 saturated carbocycles. The van der Waals surface area contributed by atoms with E-state index in [0.717, 1.165) is 21.9 Å². The number of phenols is 1. The second kappa shape index (κ2) is 5.84. The molecule has 0 atom stereocenters. The van der Waals surface area contributed by atoms with Crippen molar-refractivity contribution in [1.82, 2.24) is 9.78 Å². The average molecular weight is 282 g/mol. The summed E-state index contributed by atoms with van der Waals surface area (Å²) in [5.74, 6) is 1.13. The smallest absolute Gasteiger partial charge is 0.116 e. The molecule has 3 aromatic rings. The predicted octanol–water partition coefficient (Wildman–Crippen LogP) is 3.87. The molecule has 3 rings (SSSR count). The van der Waals surface area contributed by atoms with E-state index in [1.165, 1.54) is 0 Å². The molecule has 0 fully saturated rings. The molecule has 1 heterocycles. The van der Waals surface area contributed by atoms with Crippen molar-refractivity contribution < 1.29 is 5.11 Å². The molecule has 0 spiro atoms. The lowest BCUT2D eigenvalue weighted by Gasteiger charge is -2.01. The second-order valence-electron chi connectivity index (χ2n) is 4.41. The normalized spacial score (nSPS) is 10.6. The summed E-state index contributed by atoms with van der Waals surface area (Å²) in [5.41, 5.74) is 2.21. The summed E-state index contributed by atoms with van der Waals surface area (Å²) in [6.07, 6.45) is 3.91. The number of hydrogen-bond acceptors (Lipinski definition) is 3. The Balaban J connectivity index is 1.69. The molecule has 2 aromatic carbocycles. The summed E-state index contributed by atoms with van der Waals surface area (Å²) in [5, 5.41) is 13.8. The van der Waals surface area contributed by atoms with E-state index in [-0.39, 0.29) is 0 Å². The van der Waals surface area contributed by atoms with Crippen molar-refractivity contribution in [3.05, 3.63) is 72.6 Å². The van der Waals surface area contributed by atoms with Crippen molar-refractivity contribution in [3.63, 3.8) is 0 Å². The van der Waals surface area contributed by atoms with Gasteiger partial charge in [0, 0.05) is 22.4 Å². The van der Waals surface area contributed by atoms with E-state index in [2.05, 4.69) is 5.10 Å². The maximum Gasteiger partial charge on any atom is 0.116 e. The van der Waals surface area contributed by atoms with Gasteiger partial charge in [0.1, 0.15) is 5.75 Å². The molecule has 0 aliphatic heterocycles. The van der Waals surface area contributed by atoms with Crippen molar-refractivity contribution in [2.45, 2.75) is 10.6 Å². The number of benzene rings is 2. The van der Waals surface area contributed by atoms with E-state index in [1.54, 1.807) is 23.9 Å². The van der Waals surface area contributed by atoms with Crippen molar-refractivity contribution in [2.24, 2.45) is 0 Å². The zero-order valence-corrected chi connectivity index (χ0v) is 11.6. The number of aromatic nitrogens is 2. The Labute approximate surface area is 121 Å². The first kappa shape index (κ1) is 12.8. The summed E-state index contributed by atoms with van der Waals surface area (Å²) in [6.45, 7) is 0. The van der Waals surface area contributed by atoms with E-state index in [9.17, 15) is 5.11 Å². The minimum absolute atomic E-state index is 0.301. The van der Waals surface area contributed by atoms with Crippen LogP contribution in [0, 0.1) is 0 Å². The summed E-state index contributed by atoms with van der Waals surface area (Å²) < 4.78 is 1.87. The molecule has 4 heteroatoms. The van der Waals surface area contributed by atoms with Crippen LogP contribution in [0.5, 0.6) is 5.75 Å². The van der Waals surface area contributed by atoms with Crippen LogP contribution in [0.3, 0.4) is 0 Å². The van der Waals surface area contributed by atoms with E-state index in [4.69, 9.17) is 0 Å². The van der Waals surface area contributed by atoms with Gasteiger partial charge in [0.2, 0.25) is 0 Å². The Morgan fingerprint density at radius 1 is 1.05 bits per heavy atom. The monoisotopic (exact) mass is 282 g/mol. The fraction of sp³-hybridized carbons (Fsp3) is 0.0625. The number of thioether (sulfide) groups is 1. The Morgan fingerprint density at radius 2 is 1.90 bits per heavy atom. The Morgan fingerprint density at radius 3 is 2.70 bits per heavy atom. The highest BCUT2D eigenvalue weighted by Gasteiger charge is 2.02. The van der Waals surface area contributed by atoms with E-state index in [0.29, 0.717) is 5.75 Å². The third-order valence-electron chi connectivity index (χ3n) is 2.88. The number of hydrogen-bond donors (Lipinski definition) is 1. The van der Waals surface area contributed by atoms with Crippen molar-refractivity contribution in [3.8, 4) is 11.4 Å². The molecule has 0 aliphatic carbocycles. The summed E-state index contributed by atoms with van der Waals surface area (Å²) in [7, 11) is 0. The molecular weight excluding hydrogens is 268 g/mol. The van der Waals surface area contributed by atoms with Crippen LogP contribution in [0.15, 0.2) is 71.9 Å². The van der Waals surface area contributed by atoms with Crippen LogP contribution >= 0.6 is 11.8 Å². The van der Waals surface area contributed by atoms with Gasteiger partial charge in [-0.3, -0.25) is 0 Å². The quantitative estimate of drug-likeness (QED) is 0.738. The van der Waals surface area contributed by atoms with Crippen LogP contribution in [0.25, 0.3) is 5.69 Å². The molecule has 0 saturated heterocycles. The van der Waals surface area contributed by atoms with Crippen LogP contribution in [0.2, 0.25) is 0 Å². The van der Waals surface area contributed by atoms with Gasteiger partial charge in [-0.1, -0.05) is 24.3 Å². The van der Waals surface area contributed by atoms with Gasteiger partial charge in [0.05, 0.1) is 11.9 Å². The van der Waals surface area contributed by atoms with Crippen molar-refractivity contribution >= 4 is 11.8 Å². The molecule has 0 amide bonds. The first-order valence-corrected chi connectivity index (χ1v) is 7.30. The van der Waals surface area contributed by atoms with Crippen LogP contribution in [-0.2, 0) is 5.75 Å². The highest BCUT2D eigenvalue weighted by molar-refractivity contribution is 7.98. The third-order valence-corrected chi connectivity index (χ3v) is 3.94. The molecule has 0 aliphatic rings. The summed E-state index contributed by atoms with van der Waals surface area (Å²) in [4.78, 5) is 1.05. The Hall–Kier alpha value is -2.20. The fourth-order valence-electron chi connectivity index (χ4n) is 1.90. The number of rotatable bonds is 4. The molecular formula is C16H14N2OS. The lowest BCUT2D eigenvalue weighted by molar-refractivity contribution is 0.474. The van der Waals surface area contributed by atoms with Gasteiger partial charge in [0.15, 0.2) is 0 Å². The SMILES string of the molecule is Oc1cccc(SCc2cnn(-c3ccccc3)c2)c1. The van der Waals surface area contributed by atoms with Gasteiger partial charge in [-0.2, -0.15) is 5.10 Å². The van der Waals surface area contributed by atoms with Gasteiger partial charge in [-0.25, -0.2) is 4.68 Å². The van der Waals surface area contributed by atoms with Crippen LogP contribution in [0.1, 0.15) is 5.56 Å².